The number of fused-ring (bicyclic) bond motifs is 1. The summed E-state index contributed by atoms with van der Waals surface area (Å²) in [6, 6.07) is 11.7. The smallest absolute Gasteiger partial charge is 0.427 e. The number of hydrogen-bond donors (Lipinski definition) is 0. The van der Waals surface area contributed by atoms with Gasteiger partial charge in [-0.25, -0.2) is 23.5 Å². The van der Waals surface area contributed by atoms with Crippen molar-refractivity contribution in [2.45, 2.75) is 65.7 Å². The third kappa shape index (κ3) is 7.14. The molecule has 0 saturated carbocycles. The second-order valence-corrected chi connectivity index (χ2v) is 12.6. The van der Waals surface area contributed by atoms with Crippen LogP contribution in [0.15, 0.2) is 67.3 Å². The van der Waals surface area contributed by atoms with Crippen molar-refractivity contribution in [2.75, 3.05) is 12.0 Å². The second-order valence-electron chi connectivity index (χ2n) is 12.6. The van der Waals surface area contributed by atoms with Gasteiger partial charge in [-0.2, -0.15) is 10.1 Å². The normalized spacial score (nSPS) is 12.5. The Bertz CT molecular complexity index is 1860. The van der Waals surface area contributed by atoms with E-state index in [0.29, 0.717) is 22.0 Å². The molecule has 0 bridgehead atoms. The topological polar surface area (TPSA) is 126 Å². The molecule has 13 heteroatoms. The zero-order valence-corrected chi connectivity index (χ0v) is 27.0. The standard InChI is InChI=1S/C33H36FN7O5/c1-20(21-9-11-25(34)12-10-21)40-19-24(18-36-40)26-15-23(17-35-28(26)44-8)22-13-14-39-27(16-22)37-29(38-39)41(30(42)45-32(2,3)4)31(43)46-33(5,6)7/h9-20H,1-8H3/t20-/m1/s1. The lowest BCUT2D eigenvalue weighted by molar-refractivity contribution is 0.0427. The summed E-state index contributed by atoms with van der Waals surface area (Å²) in [5, 5.41) is 8.89. The molecular weight excluding hydrogens is 593 g/mol. The van der Waals surface area contributed by atoms with Crippen LogP contribution in [-0.2, 0) is 9.47 Å². The number of methoxy groups -OCH3 is 1. The van der Waals surface area contributed by atoms with Gasteiger partial charge in [-0.1, -0.05) is 12.1 Å². The SMILES string of the molecule is COc1ncc(-c2ccn3nc(N(C(=O)OC(C)(C)C)C(=O)OC(C)(C)C)nc3c2)cc1-c1cnn([C@H](C)c2ccc(F)cc2)c1. The summed E-state index contributed by atoms with van der Waals surface area (Å²) in [4.78, 5) is 35.9. The molecule has 46 heavy (non-hydrogen) atoms. The Morgan fingerprint density at radius 2 is 1.54 bits per heavy atom. The number of pyridine rings is 2. The first-order valence-electron chi connectivity index (χ1n) is 14.6. The lowest BCUT2D eigenvalue weighted by Gasteiger charge is -2.26. The number of anilines is 1. The van der Waals surface area contributed by atoms with Gasteiger partial charge in [0.1, 0.15) is 17.0 Å². The Morgan fingerprint density at radius 3 is 2.15 bits per heavy atom. The highest BCUT2D eigenvalue weighted by Gasteiger charge is 2.35. The first kappa shape index (κ1) is 32.1. The van der Waals surface area contributed by atoms with Gasteiger partial charge in [-0.15, -0.1) is 10.00 Å². The maximum atomic E-state index is 13.4. The minimum Gasteiger partial charge on any atom is -0.481 e. The summed E-state index contributed by atoms with van der Waals surface area (Å²) in [6.07, 6.45) is 5.01. The van der Waals surface area contributed by atoms with Crippen LogP contribution in [0.3, 0.4) is 0 Å². The van der Waals surface area contributed by atoms with Crippen molar-refractivity contribution < 1.29 is 28.2 Å². The van der Waals surface area contributed by atoms with Crippen molar-refractivity contribution in [3.8, 4) is 28.1 Å². The van der Waals surface area contributed by atoms with E-state index in [4.69, 9.17) is 14.2 Å². The van der Waals surface area contributed by atoms with Gasteiger partial charge >= 0.3 is 12.2 Å². The molecule has 0 fully saturated rings. The summed E-state index contributed by atoms with van der Waals surface area (Å²) < 4.78 is 33.2. The third-order valence-electron chi connectivity index (χ3n) is 6.72. The van der Waals surface area contributed by atoms with Crippen LogP contribution >= 0.6 is 0 Å². The number of carbonyl (C=O) groups is 2. The summed E-state index contributed by atoms with van der Waals surface area (Å²) >= 11 is 0. The molecule has 2 amide bonds. The monoisotopic (exact) mass is 629 g/mol. The van der Waals surface area contributed by atoms with E-state index in [1.165, 1.54) is 16.6 Å². The molecule has 0 aliphatic heterocycles. The molecule has 0 saturated heterocycles. The average molecular weight is 630 g/mol. The first-order chi connectivity index (χ1) is 21.6. The van der Waals surface area contributed by atoms with Crippen molar-refractivity contribution in [3.05, 3.63) is 78.6 Å². The van der Waals surface area contributed by atoms with Gasteiger partial charge in [0.25, 0.3) is 5.95 Å². The van der Waals surface area contributed by atoms with Gasteiger partial charge in [0, 0.05) is 35.3 Å². The highest BCUT2D eigenvalue weighted by Crippen LogP contribution is 2.33. The molecular formula is C33H36FN7O5. The van der Waals surface area contributed by atoms with Gasteiger partial charge < -0.3 is 14.2 Å². The maximum Gasteiger partial charge on any atom is 0.427 e. The molecule has 0 radical (unpaired) electrons. The van der Waals surface area contributed by atoms with E-state index in [9.17, 15) is 14.0 Å². The van der Waals surface area contributed by atoms with Gasteiger partial charge in [-0.05, 0) is 89.9 Å². The van der Waals surface area contributed by atoms with Crippen LogP contribution in [0, 0.1) is 5.82 Å². The van der Waals surface area contributed by atoms with Crippen molar-refractivity contribution >= 4 is 23.8 Å². The van der Waals surface area contributed by atoms with E-state index in [1.807, 2.05) is 25.3 Å². The molecule has 12 nitrogen and oxygen atoms in total. The Labute approximate surface area is 265 Å². The zero-order valence-electron chi connectivity index (χ0n) is 27.0. The number of amides is 2. The lowest BCUT2D eigenvalue weighted by Crippen LogP contribution is -2.44. The quantitative estimate of drug-likeness (QED) is 0.193. The molecule has 0 N–H and O–H groups in total. The number of ether oxygens (including phenoxy) is 3. The predicted octanol–water partition coefficient (Wildman–Crippen LogP) is 7.09. The van der Waals surface area contributed by atoms with Gasteiger partial charge in [-0.3, -0.25) is 4.68 Å². The molecule has 1 aromatic carbocycles. The molecule has 5 rings (SSSR count). The lowest BCUT2D eigenvalue weighted by atomic mass is 10.0. The number of halogens is 1. The van der Waals surface area contributed by atoms with E-state index >= 15 is 0 Å². The van der Waals surface area contributed by atoms with E-state index in [0.717, 1.165) is 22.3 Å². The third-order valence-corrected chi connectivity index (χ3v) is 6.72. The Morgan fingerprint density at radius 1 is 0.891 bits per heavy atom. The Kier molecular flexibility index (Phi) is 8.52. The number of nitrogens with zero attached hydrogens (tertiary/aromatic N) is 7. The molecule has 5 aromatic rings. The molecule has 0 spiro atoms. The molecule has 0 aliphatic carbocycles. The molecule has 240 valence electrons. The van der Waals surface area contributed by atoms with Crippen LogP contribution in [0.2, 0.25) is 0 Å². The number of carbonyl (C=O) groups excluding carboxylic acids is 2. The molecule has 4 aromatic heterocycles. The van der Waals surface area contributed by atoms with Crippen LogP contribution < -0.4 is 9.64 Å². The molecule has 1 atom stereocenters. The minimum atomic E-state index is -0.962. The van der Waals surface area contributed by atoms with E-state index in [1.54, 1.807) is 90.1 Å². The van der Waals surface area contributed by atoms with Crippen LogP contribution in [0.1, 0.15) is 60.1 Å². The summed E-state index contributed by atoms with van der Waals surface area (Å²) in [5.41, 5.74) is 2.50. The summed E-state index contributed by atoms with van der Waals surface area (Å²) in [7, 11) is 1.54. The van der Waals surface area contributed by atoms with Crippen LogP contribution in [0.25, 0.3) is 27.9 Å². The second kappa shape index (κ2) is 12.2. The summed E-state index contributed by atoms with van der Waals surface area (Å²) in [5.74, 6) is -0.0838. The van der Waals surface area contributed by atoms with Crippen molar-refractivity contribution in [1.29, 1.82) is 0 Å². The fourth-order valence-electron chi connectivity index (χ4n) is 4.56. The molecule has 0 unspecified atom stereocenters. The number of rotatable bonds is 6. The maximum absolute atomic E-state index is 13.4. The van der Waals surface area contributed by atoms with Crippen LogP contribution in [0.4, 0.5) is 19.9 Å². The first-order valence-corrected chi connectivity index (χ1v) is 14.6. The number of benzene rings is 1. The van der Waals surface area contributed by atoms with E-state index < -0.39 is 23.4 Å². The highest BCUT2D eigenvalue weighted by atomic mass is 19.1. The van der Waals surface area contributed by atoms with E-state index in [-0.39, 0.29) is 17.8 Å². The number of aromatic nitrogens is 6. The summed E-state index contributed by atoms with van der Waals surface area (Å²) in [6.45, 7) is 12.1. The fraction of sp³-hybridized carbons (Fsp3) is 0.333. The largest absolute Gasteiger partial charge is 0.481 e. The number of imide groups is 1. The molecule has 0 aliphatic rings. The van der Waals surface area contributed by atoms with Crippen molar-refractivity contribution in [3.63, 3.8) is 0 Å². The van der Waals surface area contributed by atoms with Crippen molar-refractivity contribution in [2.24, 2.45) is 0 Å². The predicted molar refractivity (Wildman–Crippen MR) is 169 cm³/mol. The van der Waals surface area contributed by atoms with Crippen molar-refractivity contribution in [1.82, 2.24) is 29.4 Å². The van der Waals surface area contributed by atoms with E-state index in [2.05, 4.69) is 20.2 Å². The van der Waals surface area contributed by atoms with Crippen LogP contribution in [0.5, 0.6) is 5.88 Å². The Hall–Kier alpha value is -5.33. The van der Waals surface area contributed by atoms with Gasteiger partial charge in [0.2, 0.25) is 5.88 Å². The van der Waals surface area contributed by atoms with Gasteiger partial charge in [0.15, 0.2) is 5.65 Å². The molecule has 4 heterocycles. The minimum absolute atomic E-state index is 0.137. The zero-order chi connectivity index (χ0) is 33.4. The average Bonchev–Trinajstić information content (AvgIpc) is 3.62. The van der Waals surface area contributed by atoms with Crippen LogP contribution in [-0.4, -0.2) is 59.9 Å². The Balaban J connectivity index is 1.48. The fourth-order valence-corrected chi connectivity index (χ4v) is 4.56. The highest BCUT2D eigenvalue weighted by molar-refractivity contribution is 6.08. The number of hydrogen-bond acceptors (Lipinski definition) is 9. The van der Waals surface area contributed by atoms with Gasteiger partial charge in [0.05, 0.1) is 19.3 Å².